The molecule has 0 spiro atoms. The van der Waals surface area contributed by atoms with Gasteiger partial charge in [-0.15, -0.1) is 0 Å². The average Bonchev–Trinajstić information content (AvgIpc) is 2.25. The maximum Gasteiger partial charge on any atom is 0.0517 e. The van der Waals surface area contributed by atoms with Gasteiger partial charge in [0.2, 0.25) is 0 Å². The van der Waals surface area contributed by atoms with Gasteiger partial charge in [-0.1, -0.05) is 51.4 Å². The molecule has 18 heavy (non-hydrogen) atoms. The Labute approximate surface area is 116 Å². The van der Waals surface area contributed by atoms with Crippen molar-refractivity contribution in [2.45, 2.75) is 76.0 Å². The first-order chi connectivity index (χ1) is 8.19. The maximum absolute atomic E-state index is 2.73. The molecule has 0 aromatic carbocycles. The third kappa shape index (κ3) is 2.90. The van der Waals surface area contributed by atoms with Gasteiger partial charge < -0.3 is 0 Å². The SMILES string of the molecule is C[Si](C)(C)[C@@H]1C=C2CCCCC2=C[C@@H]1[Si](C)(C)C. The molecule has 0 bridgehead atoms. The van der Waals surface area contributed by atoms with E-state index in [0.717, 1.165) is 11.1 Å². The van der Waals surface area contributed by atoms with Crippen LogP contribution in [0.5, 0.6) is 0 Å². The third-order valence-corrected chi connectivity index (χ3v) is 10.1. The van der Waals surface area contributed by atoms with E-state index in [1.165, 1.54) is 25.7 Å². The van der Waals surface area contributed by atoms with Crippen LogP contribution in [-0.4, -0.2) is 16.1 Å². The van der Waals surface area contributed by atoms with Crippen molar-refractivity contribution in [3.63, 3.8) is 0 Å². The standard InChI is InChI=1S/C16H30Si2/c1-17(2,3)15-11-13-9-7-8-10-14(13)12-16(15)18(4,5)6/h11-12,15-16H,7-10H2,1-6H3/t15-,16+. The van der Waals surface area contributed by atoms with Crippen molar-refractivity contribution >= 4 is 16.1 Å². The molecule has 0 N–H and O–H groups in total. The van der Waals surface area contributed by atoms with Crippen molar-refractivity contribution in [2.75, 3.05) is 0 Å². The molecule has 2 rings (SSSR count). The molecule has 0 aromatic rings. The molecule has 0 amide bonds. The first kappa shape index (κ1) is 14.3. The van der Waals surface area contributed by atoms with Gasteiger partial charge in [-0.25, -0.2) is 0 Å². The fourth-order valence-corrected chi connectivity index (χ4v) is 10.3. The van der Waals surface area contributed by atoms with E-state index in [9.17, 15) is 0 Å². The molecule has 0 heterocycles. The van der Waals surface area contributed by atoms with Gasteiger partial charge >= 0.3 is 0 Å². The molecule has 1 saturated carbocycles. The maximum atomic E-state index is 2.73. The van der Waals surface area contributed by atoms with Crippen LogP contribution in [0.15, 0.2) is 23.3 Å². The summed E-state index contributed by atoms with van der Waals surface area (Å²) in [5, 5.41) is 0. The smallest absolute Gasteiger partial charge is 0.0517 e. The molecule has 0 nitrogen and oxygen atoms in total. The van der Waals surface area contributed by atoms with E-state index < -0.39 is 16.1 Å². The molecule has 1 fully saturated rings. The molecule has 2 aliphatic rings. The van der Waals surface area contributed by atoms with Crippen molar-refractivity contribution in [3.8, 4) is 0 Å². The lowest BCUT2D eigenvalue weighted by molar-refractivity contribution is 0.662. The van der Waals surface area contributed by atoms with Crippen molar-refractivity contribution in [2.24, 2.45) is 0 Å². The van der Waals surface area contributed by atoms with E-state index in [-0.39, 0.29) is 0 Å². The van der Waals surface area contributed by atoms with Crippen molar-refractivity contribution in [1.29, 1.82) is 0 Å². The zero-order chi connectivity index (χ0) is 13.6. The van der Waals surface area contributed by atoms with Gasteiger partial charge in [-0.05, 0) is 47.9 Å². The normalized spacial score (nSPS) is 29.4. The zero-order valence-corrected chi connectivity index (χ0v) is 15.1. The van der Waals surface area contributed by atoms with E-state index >= 15 is 0 Å². The number of hydrogen-bond donors (Lipinski definition) is 0. The van der Waals surface area contributed by atoms with Crippen LogP contribution in [0.1, 0.15) is 25.7 Å². The molecule has 0 saturated heterocycles. The summed E-state index contributed by atoms with van der Waals surface area (Å²) in [6.07, 6.45) is 11.0. The highest BCUT2D eigenvalue weighted by Crippen LogP contribution is 2.49. The highest BCUT2D eigenvalue weighted by atomic mass is 28.3. The number of fused-ring (bicyclic) bond motifs is 1. The minimum absolute atomic E-state index is 0.890. The second-order valence-corrected chi connectivity index (χ2v) is 19.2. The highest BCUT2D eigenvalue weighted by Gasteiger charge is 2.40. The molecule has 0 unspecified atom stereocenters. The van der Waals surface area contributed by atoms with Crippen LogP contribution in [0.2, 0.25) is 50.4 Å². The van der Waals surface area contributed by atoms with E-state index in [1.54, 1.807) is 11.1 Å². The molecule has 2 atom stereocenters. The summed E-state index contributed by atoms with van der Waals surface area (Å²) in [7, 11) is -2.18. The van der Waals surface area contributed by atoms with Crippen LogP contribution in [0.3, 0.4) is 0 Å². The van der Waals surface area contributed by atoms with Crippen LogP contribution < -0.4 is 0 Å². The number of allylic oxidation sites excluding steroid dienone is 4. The lowest BCUT2D eigenvalue weighted by atomic mass is 9.85. The van der Waals surface area contributed by atoms with E-state index in [4.69, 9.17) is 0 Å². The van der Waals surface area contributed by atoms with Crippen LogP contribution >= 0.6 is 0 Å². The van der Waals surface area contributed by atoms with Crippen molar-refractivity contribution < 1.29 is 0 Å². The second-order valence-electron chi connectivity index (χ2n) is 8.37. The summed E-state index contributed by atoms with van der Waals surface area (Å²) in [5.74, 6) is 0. The van der Waals surface area contributed by atoms with Crippen LogP contribution in [0, 0.1) is 0 Å². The predicted octanol–water partition coefficient (Wildman–Crippen LogP) is 5.84. The van der Waals surface area contributed by atoms with Gasteiger partial charge in [0.1, 0.15) is 0 Å². The first-order valence-corrected chi connectivity index (χ1v) is 14.8. The summed E-state index contributed by atoms with van der Waals surface area (Å²) in [5.41, 5.74) is 5.23. The zero-order valence-electron chi connectivity index (χ0n) is 13.1. The summed E-state index contributed by atoms with van der Waals surface area (Å²) in [6.45, 7) is 15.4. The molecule has 102 valence electrons. The Morgan fingerprint density at radius 3 is 1.33 bits per heavy atom. The molecular formula is C16H30Si2. The minimum atomic E-state index is -1.09. The fourth-order valence-electron chi connectivity index (χ4n) is 3.55. The molecule has 0 aromatic heterocycles. The lowest BCUT2D eigenvalue weighted by Crippen LogP contribution is -2.40. The molecule has 2 aliphatic carbocycles. The Balaban J connectivity index is 2.38. The quantitative estimate of drug-likeness (QED) is 0.556. The van der Waals surface area contributed by atoms with E-state index in [0.29, 0.717) is 0 Å². The van der Waals surface area contributed by atoms with Crippen LogP contribution in [0.25, 0.3) is 0 Å². The molecule has 2 heteroatoms. The Bertz CT molecular complexity index is 339. The van der Waals surface area contributed by atoms with Crippen LogP contribution in [0.4, 0.5) is 0 Å². The summed E-state index contributed by atoms with van der Waals surface area (Å²) >= 11 is 0. The van der Waals surface area contributed by atoms with Gasteiger partial charge in [0.25, 0.3) is 0 Å². The highest BCUT2D eigenvalue weighted by molar-refractivity contribution is 6.84. The molecular weight excluding hydrogens is 248 g/mol. The van der Waals surface area contributed by atoms with Crippen LogP contribution in [-0.2, 0) is 0 Å². The largest absolute Gasteiger partial charge is 0.0803 e. The third-order valence-electron chi connectivity index (χ3n) is 4.70. The topological polar surface area (TPSA) is 0 Å². The summed E-state index contributed by atoms with van der Waals surface area (Å²) < 4.78 is 0. The van der Waals surface area contributed by atoms with Gasteiger partial charge in [-0.3, -0.25) is 0 Å². The predicted molar refractivity (Wildman–Crippen MR) is 88.8 cm³/mol. The monoisotopic (exact) mass is 278 g/mol. The average molecular weight is 279 g/mol. The van der Waals surface area contributed by atoms with Crippen molar-refractivity contribution in [1.82, 2.24) is 0 Å². The van der Waals surface area contributed by atoms with E-state index in [1.807, 2.05) is 0 Å². The van der Waals surface area contributed by atoms with Gasteiger partial charge in [0, 0.05) is 0 Å². The Hall–Kier alpha value is -0.0862. The molecule has 0 radical (unpaired) electrons. The first-order valence-electron chi connectivity index (χ1n) is 7.61. The second kappa shape index (κ2) is 4.79. The van der Waals surface area contributed by atoms with E-state index in [2.05, 4.69) is 51.4 Å². The van der Waals surface area contributed by atoms with Gasteiger partial charge in [-0.2, -0.15) is 0 Å². The Kier molecular flexibility index (Phi) is 3.81. The Morgan fingerprint density at radius 1 is 0.722 bits per heavy atom. The lowest BCUT2D eigenvalue weighted by Gasteiger charge is -2.43. The summed E-state index contributed by atoms with van der Waals surface area (Å²) in [4.78, 5) is 0. The molecule has 0 aliphatic heterocycles. The van der Waals surface area contributed by atoms with Crippen molar-refractivity contribution in [3.05, 3.63) is 23.3 Å². The fraction of sp³-hybridized carbons (Fsp3) is 0.750. The van der Waals surface area contributed by atoms with Gasteiger partial charge in [0.05, 0.1) is 16.1 Å². The number of rotatable bonds is 2. The Morgan fingerprint density at radius 2 is 1.06 bits per heavy atom. The summed E-state index contributed by atoms with van der Waals surface area (Å²) in [6, 6.07) is 0. The minimum Gasteiger partial charge on any atom is -0.0803 e. The number of hydrogen-bond acceptors (Lipinski definition) is 0. The van der Waals surface area contributed by atoms with Gasteiger partial charge in [0.15, 0.2) is 0 Å².